The lowest BCUT2D eigenvalue weighted by Gasteiger charge is -2.44. The van der Waals surface area contributed by atoms with E-state index in [4.69, 9.17) is 9.47 Å². The molecule has 0 N–H and O–H groups in total. The third kappa shape index (κ3) is 3.68. The van der Waals surface area contributed by atoms with Crippen LogP contribution in [0, 0.1) is 0 Å². The van der Waals surface area contributed by atoms with Gasteiger partial charge in [0.25, 0.3) is 0 Å². The Bertz CT molecular complexity index is 600. The van der Waals surface area contributed by atoms with Gasteiger partial charge in [-0.25, -0.2) is 8.42 Å². The highest BCUT2D eigenvalue weighted by atomic mass is 32.2. The molecule has 22 heavy (non-hydrogen) atoms. The predicted molar refractivity (Wildman–Crippen MR) is 83.3 cm³/mol. The molecule has 0 saturated carbocycles. The molecule has 122 valence electrons. The highest BCUT2D eigenvalue weighted by molar-refractivity contribution is 7.90. The number of sulfone groups is 1. The maximum atomic E-state index is 11.5. The van der Waals surface area contributed by atoms with Crippen LogP contribution in [0.25, 0.3) is 0 Å². The Morgan fingerprint density at radius 3 is 2.50 bits per heavy atom. The second kappa shape index (κ2) is 6.28. The fraction of sp³-hybridized carbons (Fsp3) is 0.625. The van der Waals surface area contributed by atoms with Gasteiger partial charge in [-0.05, 0) is 30.5 Å². The largest absolute Gasteiger partial charge is 0.349 e. The van der Waals surface area contributed by atoms with Crippen LogP contribution in [0.5, 0.6) is 0 Å². The molecule has 0 aliphatic carbocycles. The van der Waals surface area contributed by atoms with Gasteiger partial charge in [-0.2, -0.15) is 0 Å². The molecule has 1 atom stereocenters. The van der Waals surface area contributed by atoms with Gasteiger partial charge in [0.1, 0.15) is 0 Å². The van der Waals surface area contributed by atoms with Crippen LogP contribution in [-0.2, 0) is 25.9 Å². The second-order valence-corrected chi connectivity index (χ2v) is 8.21. The molecule has 0 radical (unpaired) electrons. The fourth-order valence-corrected chi connectivity index (χ4v) is 3.76. The molecule has 1 spiro atoms. The quantitative estimate of drug-likeness (QED) is 0.848. The van der Waals surface area contributed by atoms with Crippen LogP contribution in [-0.4, -0.2) is 51.7 Å². The molecule has 1 unspecified atom stereocenters. The first-order valence-electron chi connectivity index (χ1n) is 7.76. The van der Waals surface area contributed by atoms with E-state index >= 15 is 0 Å². The lowest BCUT2D eigenvalue weighted by molar-refractivity contribution is -0.283. The van der Waals surface area contributed by atoms with E-state index in [1.807, 2.05) is 12.1 Å². The van der Waals surface area contributed by atoms with E-state index in [0.717, 1.165) is 51.1 Å². The summed E-state index contributed by atoms with van der Waals surface area (Å²) in [5.41, 5.74) is 1.11. The van der Waals surface area contributed by atoms with Crippen molar-refractivity contribution in [1.29, 1.82) is 0 Å². The zero-order chi connectivity index (χ0) is 15.6. The molecular formula is C16H23NO4S. The average molecular weight is 325 g/mol. The lowest BCUT2D eigenvalue weighted by Crippen LogP contribution is -2.54. The van der Waals surface area contributed by atoms with Crippen molar-refractivity contribution in [3.05, 3.63) is 29.8 Å². The smallest absolute Gasteiger partial charge is 0.181 e. The van der Waals surface area contributed by atoms with E-state index in [1.165, 1.54) is 6.26 Å². The SMILES string of the molecule is CS(=O)(=O)c1ccc(CN2CCOC3(CCCCO3)C2)cc1. The van der Waals surface area contributed by atoms with E-state index in [0.29, 0.717) is 11.5 Å². The zero-order valence-electron chi connectivity index (χ0n) is 13.0. The summed E-state index contributed by atoms with van der Waals surface area (Å²) in [5, 5.41) is 0. The van der Waals surface area contributed by atoms with Gasteiger partial charge in [-0.3, -0.25) is 4.90 Å². The van der Waals surface area contributed by atoms with Crippen LogP contribution in [0.3, 0.4) is 0 Å². The molecule has 2 aliphatic heterocycles. The van der Waals surface area contributed by atoms with Gasteiger partial charge in [0, 0.05) is 25.8 Å². The van der Waals surface area contributed by atoms with Crippen molar-refractivity contribution in [3.8, 4) is 0 Å². The minimum absolute atomic E-state index is 0.366. The first kappa shape index (κ1) is 15.9. The molecule has 2 fully saturated rings. The van der Waals surface area contributed by atoms with Crippen molar-refractivity contribution < 1.29 is 17.9 Å². The highest BCUT2D eigenvalue weighted by Crippen LogP contribution is 2.30. The van der Waals surface area contributed by atoms with Gasteiger partial charge in [-0.15, -0.1) is 0 Å². The predicted octanol–water partition coefficient (Wildman–Crippen LogP) is 1.82. The summed E-state index contributed by atoms with van der Waals surface area (Å²) in [4.78, 5) is 2.69. The Morgan fingerprint density at radius 1 is 1.14 bits per heavy atom. The summed E-state index contributed by atoms with van der Waals surface area (Å²) in [7, 11) is -3.13. The molecule has 2 saturated heterocycles. The molecule has 1 aromatic rings. The molecule has 2 aliphatic rings. The van der Waals surface area contributed by atoms with Crippen LogP contribution in [0.2, 0.25) is 0 Å². The molecule has 0 bridgehead atoms. The van der Waals surface area contributed by atoms with Crippen LogP contribution in [0.1, 0.15) is 24.8 Å². The summed E-state index contributed by atoms with van der Waals surface area (Å²) in [5.74, 6) is -0.427. The Balaban J connectivity index is 1.65. The van der Waals surface area contributed by atoms with Crippen molar-refractivity contribution in [2.45, 2.75) is 36.5 Å². The van der Waals surface area contributed by atoms with Gasteiger partial charge >= 0.3 is 0 Å². The van der Waals surface area contributed by atoms with Crippen LogP contribution >= 0.6 is 0 Å². The Labute approximate surface area is 132 Å². The first-order chi connectivity index (χ1) is 10.5. The van der Waals surface area contributed by atoms with Crippen molar-refractivity contribution in [1.82, 2.24) is 4.90 Å². The normalized spacial score (nSPS) is 27.1. The number of hydrogen-bond donors (Lipinski definition) is 0. The summed E-state index contributed by atoms with van der Waals surface area (Å²) in [6.07, 6.45) is 4.44. The molecule has 2 heterocycles. The Morgan fingerprint density at radius 2 is 1.86 bits per heavy atom. The van der Waals surface area contributed by atoms with Crippen molar-refractivity contribution >= 4 is 9.84 Å². The van der Waals surface area contributed by atoms with E-state index in [1.54, 1.807) is 12.1 Å². The molecule has 5 nitrogen and oxygen atoms in total. The monoisotopic (exact) mass is 325 g/mol. The number of nitrogens with zero attached hydrogens (tertiary/aromatic N) is 1. The summed E-state index contributed by atoms with van der Waals surface area (Å²) in [6, 6.07) is 7.14. The van der Waals surface area contributed by atoms with Crippen LogP contribution in [0.4, 0.5) is 0 Å². The molecule has 0 amide bonds. The number of benzene rings is 1. The summed E-state index contributed by atoms with van der Waals surface area (Å²) >= 11 is 0. The van der Waals surface area contributed by atoms with E-state index in [9.17, 15) is 8.42 Å². The van der Waals surface area contributed by atoms with Gasteiger partial charge in [0.15, 0.2) is 15.6 Å². The minimum atomic E-state index is -3.13. The fourth-order valence-electron chi connectivity index (χ4n) is 3.13. The average Bonchev–Trinajstić information content (AvgIpc) is 2.48. The molecule has 1 aromatic carbocycles. The number of hydrogen-bond acceptors (Lipinski definition) is 5. The van der Waals surface area contributed by atoms with Gasteiger partial charge < -0.3 is 9.47 Å². The Kier molecular flexibility index (Phi) is 4.54. The highest BCUT2D eigenvalue weighted by Gasteiger charge is 2.39. The van der Waals surface area contributed by atoms with Crippen LogP contribution < -0.4 is 0 Å². The third-order valence-corrected chi connectivity index (χ3v) is 5.44. The van der Waals surface area contributed by atoms with Gasteiger partial charge in [0.05, 0.1) is 24.7 Å². The summed E-state index contributed by atoms with van der Waals surface area (Å²) in [6.45, 7) is 3.90. The molecule has 3 rings (SSSR count). The first-order valence-corrected chi connectivity index (χ1v) is 9.65. The van der Waals surface area contributed by atoms with Crippen LogP contribution in [0.15, 0.2) is 29.2 Å². The maximum absolute atomic E-state index is 11.5. The van der Waals surface area contributed by atoms with Crippen molar-refractivity contribution in [3.63, 3.8) is 0 Å². The van der Waals surface area contributed by atoms with E-state index < -0.39 is 15.6 Å². The van der Waals surface area contributed by atoms with Gasteiger partial charge in [-0.1, -0.05) is 12.1 Å². The van der Waals surface area contributed by atoms with Crippen molar-refractivity contribution in [2.24, 2.45) is 0 Å². The number of ether oxygens (including phenoxy) is 2. The molecule has 0 aromatic heterocycles. The van der Waals surface area contributed by atoms with E-state index in [-0.39, 0.29) is 0 Å². The lowest BCUT2D eigenvalue weighted by atomic mass is 10.0. The third-order valence-electron chi connectivity index (χ3n) is 4.31. The van der Waals surface area contributed by atoms with Crippen molar-refractivity contribution in [2.75, 3.05) is 32.6 Å². The molecular weight excluding hydrogens is 302 g/mol. The van der Waals surface area contributed by atoms with Gasteiger partial charge in [0.2, 0.25) is 0 Å². The molecule has 6 heteroatoms. The summed E-state index contributed by atoms with van der Waals surface area (Å²) < 4.78 is 34.8. The number of morpholine rings is 1. The Hall–Kier alpha value is -0.950. The standard InChI is InChI=1S/C16H23NO4S/c1-22(18,19)15-6-4-14(5-7-15)12-17-9-11-21-16(13-17)8-2-3-10-20-16/h4-7H,2-3,8-13H2,1H3. The zero-order valence-corrected chi connectivity index (χ0v) is 13.8. The maximum Gasteiger partial charge on any atom is 0.181 e. The topological polar surface area (TPSA) is 55.8 Å². The second-order valence-electron chi connectivity index (χ2n) is 6.19. The van der Waals surface area contributed by atoms with E-state index in [2.05, 4.69) is 4.90 Å². The minimum Gasteiger partial charge on any atom is -0.349 e. The number of rotatable bonds is 3.